The van der Waals surface area contributed by atoms with E-state index in [1.54, 1.807) is 24.3 Å². The van der Waals surface area contributed by atoms with Crippen LogP contribution in [-0.4, -0.2) is 33.4 Å². The summed E-state index contributed by atoms with van der Waals surface area (Å²) in [6.45, 7) is 0.424. The Balaban J connectivity index is 1.76. The molecule has 2 N–H and O–H groups in total. The lowest BCUT2D eigenvalue weighted by Gasteiger charge is -2.30. The topological polar surface area (TPSA) is 105 Å². The number of carbonyl (C=O) groups excluding carboxylic acids is 2. The third-order valence-electron chi connectivity index (χ3n) is 4.13. The molecular weight excluding hydrogens is 358 g/mol. The highest BCUT2D eigenvalue weighted by molar-refractivity contribution is 7.92. The van der Waals surface area contributed by atoms with Gasteiger partial charge in [0, 0.05) is 0 Å². The van der Waals surface area contributed by atoms with Gasteiger partial charge in [0.2, 0.25) is 11.8 Å². The van der Waals surface area contributed by atoms with Gasteiger partial charge in [0.25, 0.3) is 10.0 Å². The zero-order valence-electron chi connectivity index (χ0n) is 13.6. The summed E-state index contributed by atoms with van der Waals surface area (Å²) in [5.41, 5.74) is 1.08. The van der Waals surface area contributed by atoms with E-state index in [2.05, 4.69) is 10.6 Å². The number of amides is 2. The summed E-state index contributed by atoms with van der Waals surface area (Å²) >= 11 is 0. The monoisotopic (exact) mass is 373 g/mol. The summed E-state index contributed by atoms with van der Waals surface area (Å²) in [5.74, 6) is -0.441. The van der Waals surface area contributed by atoms with Crippen molar-refractivity contribution in [2.24, 2.45) is 0 Å². The highest BCUT2D eigenvalue weighted by Gasteiger charge is 2.31. The number of nitrogens with one attached hydrogen (secondary N) is 2. The van der Waals surface area contributed by atoms with Crippen LogP contribution < -0.4 is 19.7 Å². The number of rotatable bonds is 2. The Kier molecular flexibility index (Phi) is 3.80. The number of hydrogen-bond donors (Lipinski definition) is 2. The zero-order valence-corrected chi connectivity index (χ0v) is 14.4. The minimum Gasteiger partial charge on any atom is -0.489 e. The number of sulfonamides is 1. The van der Waals surface area contributed by atoms with E-state index in [4.69, 9.17) is 4.74 Å². The summed E-state index contributed by atoms with van der Waals surface area (Å²) in [5, 5.41) is 5.13. The molecule has 2 heterocycles. The van der Waals surface area contributed by atoms with Crippen LogP contribution in [-0.2, 0) is 19.6 Å². The van der Waals surface area contributed by atoms with Gasteiger partial charge in [-0.05, 0) is 30.3 Å². The molecule has 2 amide bonds. The number of anilines is 3. The van der Waals surface area contributed by atoms with Crippen molar-refractivity contribution >= 4 is 38.9 Å². The number of fused-ring (bicyclic) bond motifs is 2. The molecule has 8 nitrogen and oxygen atoms in total. The van der Waals surface area contributed by atoms with E-state index in [0.29, 0.717) is 17.1 Å². The summed E-state index contributed by atoms with van der Waals surface area (Å²) in [4.78, 5) is 23.4. The molecule has 0 bridgehead atoms. The number of para-hydroxylation sites is 2. The fraction of sp³-hybridized carbons (Fsp3) is 0.176. The highest BCUT2D eigenvalue weighted by atomic mass is 32.2. The normalized spacial score (nSPS) is 16.5. The first-order valence-electron chi connectivity index (χ1n) is 7.93. The minimum absolute atomic E-state index is 0.0180. The van der Waals surface area contributed by atoms with Crippen molar-refractivity contribution in [3.8, 4) is 5.75 Å². The van der Waals surface area contributed by atoms with Crippen LogP contribution in [0.25, 0.3) is 0 Å². The van der Waals surface area contributed by atoms with Gasteiger partial charge >= 0.3 is 0 Å². The van der Waals surface area contributed by atoms with Crippen molar-refractivity contribution in [2.45, 2.75) is 11.3 Å². The molecule has 134 valence electrons. The molecule has 0 saturated carbocycles. The maximum Gasteiger partial charge on any atom is 0.264 e. The fourth-order valence-electron chi connectivity index (χ4n) is 2.95. The van der Waals surface area contributed by atoms with Crippen molar-refractivity contribution in [3.05, 3.63) is 42.5 Å². The predicted molar refractivity (Wildman–Crippen MR) is 94.8 cm³/mol. The minimum atomic E-state index is -3.86. The first-order valence-corrected chi connectivity index (χ1v) is 9.37. The van der Waals surface area contributed by atoms with Crippen LogP contribution >= 0.6 is 0 Å². The Hall–Kier alpha value is -3.07. The lowest BCUT2D eigenvalue weighted by molar-refractivity contribution is -0.123. The number of carbonyl (C=O) groups is 2. The number of ether oxygens (including phenoxy) is 1. The predicted octanol–water partition coefficient (Wildman–Crippen LogP) is 1.55. The second kappa shape index (κ2) is 6.03. The van der Waals surface area contributed by atoms with Crippen LogP contribution in [0.4, 0.5) is 17.1 Å². The molecule has 0 saturated heterocycles. The van der Waals surface area contributed by atoms with E-state index in [0.717, 1.165) is 0 Å². The Labute approximate surface area is 149 Å². The van der Waals surface area contributed by atoms with E-state index in [-0.39, 0.29) is 30.2 Å². The van der Waals surface area contributed by atoms with Gasteiger partial charge in [0.05, 0.1) is 28.5 Å². The molecule has 0 unspecified atom stereocenters. The molecular formula is C17H15N3O5S. The molecule has 0 aromatic heterocycles. The van der Waals surface area contributed by atoms with Crippen molar-refractivity contribution in [1.29, 1.82) is 0 Å². The van der Waals surface area contributed by atoms with Crippen LogP contribution in [0.15, 0.2) is 47.4 Å². The maximum atomic E-state index is 13.1. The van der Waals surface area contributed by atoms with Crippen LogP contribution in [0, 0.1) is 0 Å². The molecule has 0 aliphatic carbocycles. The molecule has 2 aromatic carbocycles. The van der Waals surface area contributed by atoms with Crippen LogP contribution in [0.3, 0.4) is 0 Å². The quantitative estimate of drug-likeness (QED) is 0.777. The van der Waals surface area contributed by atoms with Gasteiger partial charge in [0.15, 0.2) is 0 Å². The summed E-state index contributed by atoms with van der Waals surface area (Å²) in [6, 6.07) is 11.1. The van der Waals surface area contributed by atoms with Crippen molar-refractivity contribution in [1.82, 2.24) is 0 Å². The van der Waals surface area contributed by atoms with Crippen molar-refractivity contribution in [3.63, 3.8) is 0 Å². The second-order valence-corrected chi connectivity index (χ2v) is 7.74. The van der Waals surface area contributed by atoms with Gasteiger partial charge in [-0.2, -0.15) is 0 Å². The molecule has 0 spiro atoms. The molecule has 2 aliphatic rings. The molecule has 0 radical (unpaired) electrons. The van der Waals surface area contributed by atoms with Gasteiger partial charge in [0.1, 0.15) is 18.8 Å². The van der Waals surface area contributed by atoms with Crippen LogP contribution in [0.2, 0.25) is 0 Å². The smallest absolute Gasteiger partial charge is 0.264 e. The summed E-state index contributed by atoms with van der Waals surface area (Å²) < 4.78 is 33.1. The fourth-order valence-corrected chi connectivity index (χ4v) is 4.44. The Morgan fingerprint density at radius 2 is 1.69 bits per heavy atom. The summed E-state index contributed by atoms with van der Waals surface area (Å²) in [7, 11) is -3.86. The van der Waals surface area contributed by atoms with Gasteiger partial charge in [-0.3, -0.25) is 13.9 Å². The highest BCUT2D eigenvalue weighted by Crippen LogP contribution is 2.36. The first-order chi connectivity index (χ1) is 12.4. The largest absolute Gasteiger partial charge is 0.489 e. The SMILES string of the molecule is O=C1CC(=O)Nc2cc(S(=O)(=O)N3CCOc4ccccc43)ccc2N1. The second-order valence-electron chi connectivity index (χ2n) is 5.87. The molecule has 2 aromatic rings. The number of nitrogens with zero attached hydrogens (tertiary/aromatic N) is 1. The molecule has 0 atom stereocenters. The van der Waals surface area contributed by atoms with E-state index in [9.17, 15) is 18.0 Å². The van der Waals surface area contributed by atoms with E-state index in [1.165, 1.54) is 22.5 Å². The molecule has 26 heavy (non-hydrogen) atoms. The maximum absolute atomic E-state index is 13.1. The van der Waals surface area contributed by atoms with E-state index >= 15 is 0 Å². The van der Waals surface area contributed by atoms with Crippen molar-refractivity contribution < 1.29 is 22.7 Å². The Morgan fingerprint density at radius 3 is 2.50 bits per heavy atom. The van der Waals surface area contributed by atoms with E-state index in [1.807, 2.05) is 0 Å². The summed E-state index contributed by atoms with van der Waals surface area (Å²) in [6.07, 6.45) is -0.312. The third-order valence-corrected chi connectivity index (χ3v) is 5.94. The average Bonchev–Trinajstić information content (AvgIpc) is 2.76. The number of benzene rings is 2. The van der Waals surface area contributed by atoms with Crippen LogP contribution in [0.5, 0.6) is 5.75 Å². The average molecular weight is 373 g/mol. The molecule has 2 aliphatic heterocycles. The van der Waals surface area contributed by atoms with Crippen LogP contribution in [0.1, 0.15) is 6.42 Å². The standard InChI is InChI=1S/C17H15N3O5S/c21-16-10-17(22)19-13-9-11(5-6-12(13)18-16)26(23,24)20-7-8-25-15-4-2-1-3-14(15)20/h1-6,9H,7-8,10H2,(H,18,21)(H,19,22). The molecule has 4 rings (SSSR count). The molecule has 0 fully saturated rings. The zero-order chi connectivity index (χ0) is 18.3. The Bertz CT molecular complexity index is 1020. The first kappa shape index (κ1) is 16.4. The van der Waals surface area contributed by atoms with Gasteiger partial charge in [-0.25, -0.2) is 8.42 Å². The van der Waals surface area contributed by atoms with Gasteiger partial charge in [-0.15, -0.1) is 0 Å². The van der Waals surface area contributed by atoms with Gasteiger partial charge < -0.3 is 15.4 Å². The molecule has 9 heteroatoms. The lowest BCUT2D eigenvalue weighted by Crippen LogP contribution is -2.37. The Morgan fingerprint density at radius 1 is 0.962 bits per heavy atom. The third kappa shape index (κ3) is 2.76. The van der Waals surface area contributed by atoms with Crippen molar-refractivity contribution in [2.75, 3.05) is 28.1 Å². The number of hydrogen-bond acceptors (Lipinski definition) is 5. The van der Waals surface area contributed by atoms with Gasteiger partial charge in [-0.1, -0.05) is 12.1 Å². The lowest BCUT2D eigenvalue weighted by atomic mass is 10.2. The van der Waals surface area contributed by atoms with E-state index < -0.39 is 21.8 Å².